The summed E-state index contributed by atoms with van der Waals surface area (Å²) in [4.78, 5) is 0.236. The summed E-state index contributed by atoms with van der Waals surface area (Å²) in [6.45, 7) is 3.98. The second-order valence-corrected chi connectivity index (χ2v) is 6.38. The van der Waals surface area contributed by atoms with Gasteiger partial charge in [0.05, 0.1) is 11.0 Å². The largest absolute Gasteiger partial charge is 0.297 e. The smallest absolute Gasteiger partial charge is 0.263 e. The zero-order chi connectivity index (χ0) is 13.2. The van der Waals surface area contributed by atoms with Crippen LogP contribution in [0.5, 0.6) is 0 Å². The van der Waals surface area contributed by atoms with Crippen LogP contribution in [0.3, 0.4) is 0 Å². The first-order valence-corrected chi connectivity index (χ1v) is 7.54. The van der Waals surface area contributed by atoms with Gasteiger partial charge >= 0.3 is 0 Å². The zero-order valence-electron chi connectivity index (χ0n) is 10.7. The molecule has 3 nitrogen and oxygen atoms in total. The Hall–Kier alpha value is -1.13. The van der Waals surface area contributed by atoms with Gasteiger partial charge in [-0.25, -0.2) is 0 Å². The van der Waals surface area contributed by atoms with Gasteiger partial charge in [0.1, 0.15) is 0 Å². The van der Waals surface area contributed by atoms with Crippen molar-refractivity contribution < 1.29 is 12.6 Å². The van der Waals surface area contributed by atoms with E-state index in [0.29, 0.717) is 6.42 Å². The van der Waals surface area contributed by atoms with Crippen molar-refractivity contribution in [2.45, 2.75) is 44.1 Å². The fraction of sp³-hybridized carbons (Fsp3) is 0.429. The van der Waals surface area contributed by atoms with Crippen LogP contribution < -0.4 is 0 Å². The summed E-state index contributed by atoms with van der Waals surface area (Å²) in [7, 11) is -3.62. The maximum atomic E-state index is 12.1. The first kappa shape index (κ1) is 13.3. The quantitative estimate of drug-likeness (QED) is 0.623. The Morgan fingerprint density at radius 2 is 1.83 bits per heavy atom. The highest BCUT2D eigenvalue weighted by molar-refractivity contribution is 7.86. The molecule has 0 spiro atoms. The van der Waals surface area contributed by atoms with E-state index in [2.05, 4.69) is 13.0 Å². The predicted octanol–water partition coefficient (Wildman–Crippen LogP) is 3.20. The van der Waals surface area contributed by atoms with E-state index in [9.17, 15) is 8.42 Å². The van der Waals surface area contributed by atoms with Gasteiger partial charge in [-0.3, -0.25) is 4.18 Å². The second-order valence-electron chi connectivity index (χ2n) is 4.81. The number of hydrogen-bond donors (Lipinski definition) is 0. The minimum absolute atomic E-state index is 0.222. The van der Waals surface area contributed by atoms with Crippen molar-refractivity contribution >= 4 is 10.1 Å². The van der Waals surface area contributed by atoms with E-state index in [-0.39, 0.29) is 11.0 Å². The highest BCUT2D eigenvalue weighted by atomic mass is 32.2. The molecule has 0 bridgehead atoms. The lowest BCUT2D eigenvalue weighted by Gasteiger charge is -2.20. The average molecular weight is 266 g/mol. The molecule has 0 N–H and O–H groups in total. The molecular formula is C14H18O3S. The number of rotatable bonds is 3. The molecule has 4 heteroatoms. The lowest BCUT2D eigenvalue weighted by atomic mass is 9.99. The topological polar surface area (TPSA) is 43.4 Å². The number of benzene rings is 1. The molecule has 0 amide bonds. The fourth-order valence-corrected chi connectivity index (χ4v) is 3.08. The lowest BCUT2D eigenvalue weighted by molar-refractivity contribution is 0.196. The molecule has 0 radical (unpaired) electrons. The van der Waals surface area contributed by atoms with Crippen LogP contribution >= 0.6 is 0 Å². The van der Waals surface area contributed by atoms with Gasteiger partial charge in [0.15, 0.2) is 0 Å². The molecule has 1 atom stereocenters. The van der Waals surface area contributed by atoms with Crippen LogP contribution in [0.15, 0.2) is 40.8 Å². The molecule has 0 heterocycles. The van der Waals surface area contributed by atoms with Crippen molar-refractivity contribution in [2.24, 2.45) is 0 Å². The summed E-state index contributed by atoms with van der Waals surface area (Å²) in [6.07, 6.45) is 4.19. The van der Waals surface area contributed by atoms with Crippen molar-refractivity contribution in [3.8, 4) is 0 Å². The van der Waals surface area contributed by atoms with Crippen molar-refractivity contribution in [3.05, 3.63) is 41.5 Å². The molecule has 1 aliphatic carbocycles. The Morgan fingerprint density at radius 3 is 2.39 bits per heavy atom. The van der Waals surface area contributed by atoms with Crippen molar-refractivity contribution in [1.82, 2.24) is 0 Å². The molecule has 0 aliphatic heterocycles. The van der Waals surface area contributed by atoms with E-state index in [1.807, 2.05) is 6.92 Å². The highest BCUT2D eigenvalue weighted by Crippen LogP contribution is 2.24. The van der Waals surface area contributed by atoms with Gasteiger partial charge in [-0.1, -0.05) is 29.3 Å². The van der Waals surface area contributed by atoms with Crippen molar-refractivity contribution in [1.29, 1.82) is 0 Å². The van der Waals surface area contributed by atoms with Gasteiger partial charge in [0.25, 0.3) is 10.1 Å². The number of allylic oxidation sites excluding steroid dienone is 1. The third-order valence-electron chi connectivity index (χ3n) is 3.16. The lowest BCUT2D eigenvalue weighted by Crippen LogP contribution is -2.20. The summed E-state index contributed by atoms with van der Waals surface area (Å²) in [6, 6.07) is 6.74. The Kier molecular flexibility index (Phi) is 3.88. The Morgan fingerprint density at radius 1 is 1.17 bits per heavy atom. The minimum Gasteiger partial charge on any atom is -0.263 e. The average Bonchev–Trinajstić information content (AvgIpc) is 2.32. The van der Waals surface area contributed by atoms with Gasteiger partial charge < -0.3 is 0 Å². The molecule has 0 fully saturated rings. The van der Waals surface area contributed by atoms with E-state index < -0.39 is 10.1 Å². The normalized spacial score (nSPS) is 20.6. The van der Waals surface area contributed by atoms with E-state index in [4.69, 9.17) is 4.18 Å². The molecule has 0 saturated heterocycles. The molecule has 18 heavy (non-hydrogen) atoms. The monoisotopic (exact) mass is 266 g/mol. The summed E-state index contributed by atoms with van der Waals surface area (Å²) in [5, 5.41) is 0. The maximum Gasteiger partial charge on any atom is 0.297 e. The SMILES string of the molecule is CC1=CC[C@@H](OS(=O)(=O)c2ccc(C)cc2)CC1. The molecule has 0 saturated carbocycles. The molecule has 0 aromatic heterocycles. The maximum absolute atomic E-state index is 12.1. The summed E-state index contributed by atoms with van der Waals surface area (Å²) < 4.78 is 29.4. The number of aryl methyl sites for hydroxylation is 1. The molecule has 1 aromatic carbocycles. The Balaban J connectivity index is 2.10. The van der Waals surface area contributed by atoms with Gasteiger partial charge in [0.2, 0.25) is 0 Å². The van der Waals surface area contributed by atoms with Crippen LogP contribution in [-0.2, 0) is 14.3 Å². The fourth-order valence-electron chi connectivity index (χ4n) is 1.97. The van der Waals surface area contributed by atoms with Gasteiger partial charge in [-0.15, -0.1) is 0 Å². The van der Waals surface area contributed by atoms with Crippen LogP contribution in [0.4, 0.5) is 0 Å². The molecule has 2 rings (SSSR count). The van der Waals surface area contributed by atoms with Crippen LogP contribution in [0, 0.1) is 6.92 Å². The predicted molar refractivity (Wildman–Crippen MR) is 70.8 cm³/mol. The molecular weight excluding hydrogens is 248 g/mol. The van der Waals surface area contributed by atoms with Crippen LogP contribution in [0.2, 0.25) is 0 Å². The highest BCUT2D eigenvalue weighted by Gasteiger charge is 2.22. The summed E-state index contributed by atoms with van der Waals surface area (Å²) in [5.41, 5.74) is 2.34. The van der Waals surface area contributed by atoms with Gasteiger partial charge in [-0.05, 0) is 45.2 Å². The zero-order valence-corrected chi connectivity index (χ0v) is 11.5. The van der Waals surface area contributed by atoms with E-state index in [0.717, 1.165) is 18.4 Å². The third-order valence-corrected chi connectivity index (χ3v) is 4.54. The van der Waals surface area contributed by atoms with Gasteiger partial charge in [0, 0.05) is 0 Å². The van der Waals surface area contributed by atoms with E-state index >= 15 is 0 Å². The molecule has 98 valence electrons. The number of hydrogen-bond acceptors (Lipinski definition) is 3. The van der Waals surface area contributed by atoms with Crippen LogP contribution in [-0.4, -0.2) is 14.5 Å². The standard InChI is InChI=1S/C14H18O3S/c1-11-3-7-13(8-4-11)17-18(15,16)14-9-5-12(2)6-10-14/h3,5-6,9-10,13H,4,7-8H2,1-2H3/t13-/m1/s1. The van der Waals surface area contributed by atoms with Crippen LogP contribution in [0.25, 0.3) is 0 Å². The van der Waals surface area contributed by atoms with Crippen LogP contribution in [0.1, 0.15) is 31.7 Å². The summed E-state index contributed by atoms with van der Waals surface area (Å²) in [5.74, 6) is 0. The summed E-state index contributed by atoms with van der Waals surface area (Å²) >= 11 is 0. The second kappa shape index (κ2) is 5.24. The third kappa shape index (κ3) is 3.21. The van der Waals surface area contributed by atoms with Gasteiger partial charge in [-0.2, -0.15) is 8.42 Å². The minimum atomic E-state index is -3.62. The van der Waals surface area contributed by atoms with E-state index in [1.54, 1.807) is 24.3 Å². The first-order valence-electron chi connectivity index (χ1n) is 6.13. The molecule has 1 aromatic rings. The Labute approximate surface area is 109 Å². The Bertz CT molecular complexity index is 541. The molecule has 0 unspecified atom stereocenters. The van der Waals surface area contributed by atoms with E-state index in [1.165, 1.54) is 5.57 Å². The molecule has 1 aliphatic rings. The van der Waals surface area contributed by atoms with Crippen molar-refractivity contribution in [3.63, 3.8) is 0 Å². The van der Waals surface area contributed by atoms with Crippen molar-refractivity contribution in [2.75, 3.05) is 0 Å². The first-order chi connectivity index (χ1) is 8.47.